The van der Waals surface area contributed by atoms with E-state index in [1.165, 1.54) is 6.42 Å². The highest BCUT2D eigenvalue weighted by Crippen LogP contribution is 2.40. The summed E-state index contributed by atoms with van der Waals surface area (Å²) in [7, 11) is 0. The van der Waals surface area contributed by atoms with Gasteiger partial charge in [0.25, 0.3) is 5.91 Å². The van der Waals surface area contributed by atoms with Crippen LogP contribution in [0.25, 0.3) is 0 Å². The number of rotatable bonds is 2. The van der Waals surface area contributed by atoms with Crippen LogP contribution in [0.15, 0.2) is 36.7 Å². The van der Waals surface area contributed by atoms with Crippen molar-refractivity contribution in [1.82, 2.24) is 20.1 Å². The van der Waals surface area contributed by atoms with Gasteiger partial charge in [-0.15, -0.1) is 5.10 Å². The van der Waals surface area contributed by atoms with Crippen LogP contribution in [0.1, 0.15) is 35.3 Å². The highest BCUT2D eigenvalue weighted by molar-refractivity contribution is 5.94. The number of carbonyl (C=O) groups is 1. The fourth-order valence-electron chi connectivity index (χ4n) is 4.08. The summed E-state index contributed by atoms with van der Waals surface area (Å²) in [6.07, 6.45) is 6.68. The number of pyridine rings is 1. The number of piperidine rings is 1. The second kappa shape index (κ2) is 6.43. The van der Waals surface area contributed by atoms with E-state index >= 15 is 0 Å². The molecule has 25 heavy (non-hydrogen) atoms. The molecule has 4 heterocycles. The van der Waals surface area contributed by atoms with E-state index in [-0.39, 0.29) is 11.3 Å². The Morgan fingerprint density at radius 1 is 1.12 bits per heavy atom. The first-order valence-electron chi connectivity index (χ1n) is 8.90. The molecule has 6 heteroatoms. The Hall–Kier alpha value is -2.50. The van der Waals surface area contributed by atoms with Crippen LogP contribution in [0, 0.1) is 12.3 Å². The molecular weight excluding hydrogens is 314 g/mol. The van der Waals surface area contributed by atoms with Gasteiger partial charge in [-0.05, 0) is 50.5 Å². The first kappa shape index (κ1) is 16.0. The molecule has 2 aliphatic rings. The van der Waals surface area contributed by atoms with Gasteiger partial charge in [0.2, 0.25) is 0 Å². The normalized spacial score (nSPS) is 23.2. The molecule has 2 aliphatic heterocycles. The van der Waals surface area contributed by atoms with Crippen molar-refractivity contribution < 1.29 is 4.79 Å². The van der Waals surface area contributed by atoms with Gasteiger partial charge in [0.1, 0.15) is 0 Å². The Labute approximate surface area is 147 Å². The molecular formula is C19H23N5O. The lowest BCUT2D eigenvalue weighted by molar-refractivity contribution is 0.0556. The zero-order valence-electron chi connectivity index (χ0n) is 14.6. The van der Waals surface area contributed by atoms with E-state index in [9.17, 15) is 4.79 Å². The minimum Gasteiger partial charge on any atom is -0.354 e. The molecule has 0 saturated carbocycles. The summed E-state index contributed by atoms with van der Waals surface area (Å²) in [6, 6.07) is 7.72. The third kappa shape index (κ3) is 3.21. The van der Waals surface area contributed by atoms with Gasteiger partial charge in [0, 0.05) is 44.0 Å². The minimum absolute atomic E-state index is 0.0979. The van der Waals surface area contributed by atoms with Crippen molar-refractivity contribution >= 4 is 11.7 Å². The SMILES string of the molecule is Cc1ccc(N2CC[C@]3(CCCN(C(=O)c4cccnc4)C3)C2)nn1. The van der Waals surface area contributed by atoms with E-state index in [4.69, 9.17) is 0 Å². The highest BCUT2D eigenvalue weighted by atomic mass is 16.2. The van der Waals surface area contributed by atoms with Crippen LogP contribution in [0.2, 0.25) is 0 Å². The first-order chi connectivity index (χ1) is 12.2. The lowest BCUT2D eigenvalue weighted by Crippen LogP contribution is -2.47. The summed E-state index contributed by atoms with van der Waals surface area (Å²) in [6.45, 7) is 5.52. The van der Waals surface area contributed by atoms with E-state index in [1.54, 1.807) is 12.4 Å². The molecule has 0 radical (unpaired) electrons. The Morgan fingerprint density at radius 2 is 2.04 bits per heavy atom. The zero-order chi connectivity index (χ0) is 17.3. The molecule has 1 amide bonds. The van der Waals surface area contributed by atoms with Gasteiger partial charge in [-0.25, -0.2) is 0 Å². The van der Waals surface area contributed by atoms with Gasteiger partial charge >= 0.3 is 0 Å². The smallest absolute Gasteiger partial charge is 0.255 e. The fourth-order valence-corrected chi connectivity index (χ4v) is 4.08. The third-order valence-electron chi connectivity index (χ3n) is 5.40. The maximum Gasteiger partial charge on any atom is 0.255 e. The monoisotopic (exact) mass is 337 g/mol. The molecule has 0 N–H and O–H groups in total. The molecule has 1 spiro atoms. The largest absolute Gasteiger partial charge is 0.354 e. The first-order valence-corrected chi connectivity index (χ1v) is 8.90. The number of nitrogens with zero attached hydrogens (tertiary/aromatic N) is 5. The number of amides is 1. The summed E-state index contributed by atoms with van der Waals surface area (Å²) in [4.78, 5) is 21.2. The van der Waals surface area contributed by atoms with E-state index in [0.717, 1.165) is 50.5 Å². The topological polar surface area (TPSA) is 62.2 Å². The van der Waals surface area contributed by atoms with Crippen LogP contribution in [0.4, 0.5) is 5.82 Å². The van der Waals surface area contributed by atoms with Crippen LogP contribution in [0.3, 0.4) is 0 Å². The number of hydrogen-bond acceptors (Lipinski definition) is 5. The average Bonchev–Trinajstić information content (AvgIpc) is 3.05. The predicted octanol–water partition coefficient (Wildman–Crippen LogP) is 2.31. The molecule has 4 rings (SSSR count). The van der Waals surface area contributed by atoms with Gasteiger partial charge in [-0.1, -0.05) is 0 Å². The molecule has 2 saturated heterocycles. The van der Waals surface area contributed by atoms with Crippen LogP contribution in [-0.4, -0.2) is 52.2 Å². The van der Waals surface area contributed by atoms with Crippen LogP contribution in [-0.2, 0) is 0 Å². The van der Waals surface area contributed by atoms with E-state index in [0.29, 0.717) is 5.56 Å². The Morgan fingerprint density at radius 3 is 2.80 bits per heavy atom. The molecule has 0 bridgehead atoms. The number of carbonyl (C=O) groups excluding carboxylic acids is 1. The Balaban J connectivity index is 1.47. The van der Waals surface area contributed by atoms with Crippen LogP contribution in [0.5, 0.6) is 0 Å². The molecule has 6 nitrogen and oxygen atoms in total. The minimum atomic E-state index is 0.0979. The summed E-state index contributed by atoms with van der Waals surface area (Å²) >= 11 is 0. The maximum absolute atomic E-state index is 12.8. The molecule has 2 fully saturated rings. The summed E-state index contributed by atoms with van der Waals surface area (Å²) in [5, 5.41) is 8.50. The molecule has 0 aromatic carbocycles. The fraction of sp³-hybridized carbons (Fsp3) is 0.474. The summed E-state index contributed by atoms with van der Waals surface area (Å²) in [5.74, 6) is 1.04. The van der Waals surface area contributed by atoms with E-state index < -0.39 is 0 Å². The number of aromatic nitrogens is 3. The van der Waals surface area contributed by atoms with Crippen molar-refractivity contribution in [2.75, 3.05) is 31.1 Å². The van der Waals surface area contributed by atoms with Crippen LogP contribution >= 0.6 is 0 Å². The van der Waals surface area contributed by atoms with Crippen molar-refractivity contribution in [3.05, 3.63) is 47.9 Å². The number of aryl methyl sites for hydroxylation is 1. The second-order valence-electron chi connectivity index (χ2n) is 7.28. The molecule has 2 aromatic rings. The Bertz CT molecular complexity index is 748. The molecule has 130 valence electrons. The second-order valence-corrected chi connectivity index (χ2v) is 7.28. The van der Waals surface area contributed by atoms with Crippen molar-refractivity contribution in [2.45, 2.75) is 26.2 Å². The van der Waals surface area contributed by atoms with E-state index in [2.05, 4.69) is 20.1 Å². The molecule has 1 atom stereocenters. The Kier molecular flexibility index (Phi) is 4.11. The molecule has 0 unspecified atom stereocenters. The molecule has 2 aromatic heterocycles. The van der Waals surface area contributed by atoms with Crippen molar-refractivity contribution in [1.29, 1.82) is 0 Å². The predicted molar refractivity (Wildman–Crippen MR) is 95.4 cm³/mol. The van der Waals surface area contributed by atoms with Crippen molar-refractivity contribution in [2.24, 2.45) is 5.41 Å². The van der Waals surface area contributed by atoms with Crippen molar-refractivity contribution in [3.8, 4) is 0 Å². The quantitative estimate of drug-likeness (QED) is 0.841. The van der Waals surface area contributed by atoms with E-state index in [1.807, 2.05) is 36.1 Å². The summed E-state index contributed by atoms with van der Waals surface area (Å²) in [5.41, 5.74) is 1.78. The number of anilines is 1. The maximum atomic E-state index is 12.8. The highest BCUT2D eigenvalue weighted by Gasteiger charge is 2.43. The lowest BCUT2D eigenvalue weighted by Gasteiger charge is -2.40. The van der Waals surface area contributed by atoms with Gasteiger partial charge < -0.3 is 9.80 Å². The third-order valence-corrected chi connectivity index (χ3v) is 5.40. The van der Waals surface area contributed by atoms with Crippen LogP contribution < -0.4 is 4.90 Å². The number of hydrogen-bond donors (Lipinski definition) is 0. The van der Waals surface area contributed by atoms with Gasteiger partial charge in [0.05, 0.1) is 11.3 Å². The number of likely N-dealkylation sites (tertiary alicyclic amines) is 1. The zero-order valence-corrected chi connectivity index (χ0v) is 14.6. The molecule has 0 aliphatic carbocycles. The standard InChI is InChI=1S/C19H23N5O/c1-15-5-6-17(22-21-15)23-11-8-19(13-23)7-3-10-24(14-19)18(25)16-4-2-9-20-12-16/h2,4-6,9,12H,3,7-8,10-11,13-14H2,1H3/t19-/m1/s1. The van der Waals surface area contributed by atoms with Gasteiger partial charge in [-0.2, -0.15) is 5.10 Å². The average molecular weight is 337 g/mol. The van der Waals surface area contributed by atoms with Crippen molar-refractivity contribution in [3.63, 3.8) is 0 Å². The summed E-state index contributed by atoms with van der Waals surface area (Å²) < 4.78 is 0. The van der Waals surface area contributed by atoms with Gasteiger partial charge in [0.15, 0.2) is 5.82 Å². The lowest BCUT2D eigenvalue weighted by atomic mass is 9.79. The van der Waals surface area contributed by atoms with Gasteiger partial charge in [-0.3, -0.25) is 9.78 Å².